The van der Waals surface area contributed by atoms with E-state index in [4.69, 9.17) is 0 Å². The zero-order valence-electron chi connectivity index (χ0n) is 14.7. The number of piperidine rings is 1. The van der Waals surface area contributed by atoms with Crippen LogP contribution < -0.4 is 10.9 Å². The summed E-state index contributed by atoms with van der Waals surface area (Å²) in [5.41, 5.74) is -0.0826. The number of likely N-dealkylation sites (tertiary alicyclic amines) is 1. The minimum Gasteiger partial charge on any atom is -0.363 e. The van der Waals surface area contributed by atoms with Crippen molar-refractivity contribution in [3.8, 4) is 0 Å². The second-order valence-corrected chi connectivity index (χ2v) is 8.07. The van der Waals surface area contributed by atoms with Gasteiger partial charge in [0.15, 0.2) is 5.82 Å². The predicted octanol–water partition coefficient (Wildman–Crippen LogP) is 2.52. The third-order valence-electron chi connectivity index (χ3n) is 5.83. The van der Waals surface area contributed by atoms with Gasteiger partial charge in [-0.15, -0.1) is 0 Å². The highest BCUT2D eigenvalue weighted by Crippen LogP contribution is 2.36. The molecule has 0 saturated carbocycles. The molecule has 0 amide bonds. The van der Waals surface area contributed by atoms with Crippen molar-refractivity contribution < 1.29 is 9.41 Å². The number of pyridine rings is 1. The first kappa shape index (κ1) is 17.0. The van der Waals surface area contributed by atoms with Crippen LogP contribution in [0, 0.1) is 10.1 Å². The minimum absolute atomic E-state index is 0.0157. The van der Waals surface area contributed by atoms with Crippen LogP contribution in [0.2, 0.25) is 0 Å². The number of aromatic nitrogens is 1. The lowest BCUT2D eigenvalue weighted by Gasteiger charge is -2.52. The smallest absolute Gasteiger partial charge is 0.309 e. The number of anilines is 1. The van der Waals surface area contributed by atoms with Gasteiger partial charge in [-0.25, -0.2) is 0 Å². The zero-order valence-corrected chi connectivity index (χ0v) is 14.7. The molecule has 0 bridgehead atoms. The molecule has 2 aliphatic heterocycles. The maximum Gasteiger partial charge on any atom is 0.309 e. The van der Waals surface area contributed by atoms with E-state index in [1.807, 2.05) is 0 Å². The van der Waals surface area contributed by atoms with Crippen LogP contribution in [-0.2, 0) is 0 Å². The summed E-state index contributed by atoms with van der Waals surface area (Å²) in [6.07, 6.45) is 3.67. The lowest BCUT2D eigenvalue weighted by molar-refractivity contribution is -0.976. The predicted molar refractivity (Wildman–Crippen MR) is 93.3 cm³/mol. The molecule has 1 unspecified atom stereocenters. The summed E-state index contributed by atoms with van der Waals surface area (Å²) in [7, 11) is 0. The Hall–Kier alpha value is -1.89. The third kappa shape index (κ3) is 2.70. The highest BCUT2D eigenvalue weighted by Gasteiger charge is 2.45. The molecular formula is C17H27N4O3+. The molecule has 24 heavy (non-hydrogen) atoms. The summed E-state index contributed by atoms with van der Waals surface area (Å²) in [5.74, 6) is 0.363. The highest BCUT2D eigenvalue weighted by molar-refractivity contribution is 5.58. The Morgan fingerprint density at radius 3 is 2.54 bits per heavy atom. The fourth-order valence-corrected chi connectivity index (χ4v) is 4.33. The van der Waals surface area contributed by atoms with E-state index < -0.39 is 4.92 Å². The van der Waals surface area contributed by atoms with Gasteiger partial charge >= 0.3 is 5.69 Å². The van der Waals surface area contributed by atoms with Crippen LogP contribution in [0.1, 0.15) is 46.1 Å². The quantitative estimate of drug-likeness (QED) is 0.523. The summed E-state index contributed by atoms with van der Waals surface area (Å²) in [6, 6.07) is 2.59. The Kier molecular flexibility index (Phi) is 4.15. The molecule has 1 N–H and O–H groups in total. The van der Waals surface area contributed by atoms with Gasteiger partial charge in [0.25, 0.3) is 5.56 Å². The van der Waals surface area contributed by atoms with Gasteiger partial charge in [0.05, 0.1) is 23.6 Å². The summed E-state index contributed by atoms with van der Waals surface area (Å²) >= 11 is 0. The van der Waals surface area contributed by atoms with Crippen molar-refractivity contribution in [3.63, 3.8) is 0 Å². The van der Waals surface area contributed by atoms with E-state index >= 15 is 0 Å². The van der Waals surface area contributed by atoms with Crippen LogP contribution in [0.4, 0.5) is 11.5 Å². The Balaban J connectivity index is 1.98. The third-order valence-corrected chi connectivity index (χ3v) is 5.83. The van der Waals surface area contributed by atoms with E-state index in [2.05, 4.69) is 26.1 Å². The lowest BCUT2D eigenvalue weighted by atomic mass is 9.94. The minimum atomic E-state index is -0.421. The topological polar surface area (TPSA) is 77.2 Å². The number of fused-ring (bicyclic) bond motifs is 1. The van der Waals surface area contributed by atoms with Crippen LogP contribution in [0.5, 0.6) is 0 Å². The molecule has 0 radical (unpaired) electrons. The van der Waals surface area contributed by atoms with Gasteiger partial charge in [0.1, 0.15) is 12.6 Å². The largest absolute Gasteiger partial charge is 0.363 e. The number of rotatable bonds is 3. The molecule has 3 heterocycles. The highest BCUT2D eigenvalue weighted by atomic mass is 16.6. The molecular weight excluding hydrogens is 308 g/mol. The van der Waals surface area contributed by atoms with Gasteiger partial charge < -0.3 is 9.80 Å². The number of nitrogens with zero attached hydrogens (tertiary/aromatic N) is 3. The second kappa shape index (κ2) is 5.88. The molecule has 1 aromatic heterocycles. The van der Waals surface area contributed by atoms with Crippen LogP contribution in [-0.4, -0.2) is 45.7 Å². The number of quaternary nitrogens is 1. The van der Waals surface area contributed by atoms with E-state index in [0.717, 1.165) is 24.1 Å². The van der Waals surface area contributed by atoms with Crippen molar-refractivity contribution in [2.24, 2.45) is 0 Å². The maximum atomic E-state index is 12.4. The van der Waals surface area contributed by atoms with Crippen LogP contribution >= 0.6 is 0 Å². The molecule has 1 fully saturated rings. The van der Waals surface area contributed by atoms with E-state index in [-0.39, 0.29) is 22.8 Å². The van der Waals surface area contributed by atoms with Crippen molar-refractivity contribution >= 4 is 11.5 Å². The number of hydrogen-bond donors (Lipinski definition) is 1. The number of nitro groups is 1. The summed E-state index contributed by atoms with van der Waals surface area (Å²) in [5, 5.41) is 14.3. The van der Waals surface area contributed by atoms with Crippen molar-refractivity contribution in [1.82, 2.24) is 4.57 Å². The summed E-state index contributed by atoms with van der Waals surface area (Å²) in [4.78, 5) is 23.2. The van der Waals surface area contributed by atoms with Crippen LogP contribution in [0.15, 0.2) is 16.9 Å². The van der Waals surface area contributed by atoms with Crippen molar-refractivity contribution in [2.45, 2.75) is 51.6 Å². The van der Waals surface area contributed by atoms with E-state index in [9.17, 15) is 14.9 Å². The molecule has 132 valence electrons. The van der Waals surface area contributed by atoms with Gasteiger partial charge in [-0.1, -0.05) is 0 Å². The van der Waals surface area contributed by atoms with Gasteiger partial charge in [0, 0.05) is 18.7 Å². The van der Waals surface area contributed by atoms with Gasteiger partial charge in [-0.05, 0) is 40.0 Å². The standard InChI is InChI=1S/C17H26N4O3/c1-17(2,3)21(9-5-4-6-10-21)12-13-11-18-16-14(20(23)24)7-8-15(22)19(13)16/h7-8,13H,4-6,9-12H2,1-3H3/p+1. The normalized spacial score (nSPS) is 22.7. The Bertz CT molecular complexity index is 699. The molecule has 2 aliphatic rings. The van der Waals surface area contributed by atoms with Gasteiger partial charge in [0.2, 0.25) is 0 Å². The van der Waals surface area contributed by atoms with Crippen molar-refractivity contribution in [2.75, 3.05) is 31.5 Å². The summed E-state index contributed by atoms with van der Waals surface area (Å²) < 4.78 is 2.58. The summed E-state index contributed by atoms with van der Waals surface area (Å²) in [6.45, 7) is 10.4. The van der Waals surface area contributed by atoms with E-state index in [1.165, 1.54) is 31.4 Å². The molecule has 7 nitrogen and oxygen atoms in total. The van der Waals surface area contributed by atoms with Crippen molar-refractivity contribution in [1.29, 1.82) is 0 Å². The fraction of sp³-hybridized carbons (Fsp3) is 0.706. The average Bonchev–Trinajstić information content (AvgIpc) is 2.91. The van der Waals surface area contributed by atoms with Crippen LogP contribution in [0.3, 0.4) is 0 Å². The number of hydrogen-bond acceptors (Lipinski definition) is 4. The monoisotopic (exact) mass is 335 g/mol. The molecule has 1 saturated heterocycles. The van der Waals surface area contributed by atoms with E-state index in [0.29, 0.717) is 12.4 Å². The molecule has 0 aromatic carbocycles. The zero-order chi connectivity index (χ0) is 17.5. The Morgan fingerprint density at radius 1 is 1.29 bits per heavy atom. The van der Waals surface area contributed by atoms with Gasteiger partial charge in [-0.3, -0.25) is 19.5 Å². The lowest BCUT2D eigenvalue weighted by Crippen LogP contribution is -2.64. The first-order chi connectivity index (χ1) is 11.3. The first-order valence-corrected chi connectivity index (χ1v) is 8.75. The SMILES string of the molecule is CC(C)(C)[N+]1(CC2CNc3c([N+](=O)[O-])ccc(=O)n32)CCCCC1. The molecule has 1 atom stereocenters. The van der Waals surface area contributed by atoms with Crippen molar-refractivity contribution in [3.05, 3.63) is 32.6 Å². The Labute approximate surface area is 142 Å². The fourth-order valence-electron chi connectivity index (χ4n) is 4.33. The molecule has 0 spiro atoms. The van der Waals surface area contributed by atoms with Gasteiger partial charge in [-0.2, -0.15) is 0 Å². The maximum absolute atomic E-state index is 12.4. The average molecular weight is 335 g/mol. The first-order valence-electron chi connectivity index (χ1n) is 8.75. The molecule has 7 heteroatoms. The molecule has 0 aliphatic carbocycles. The molecule has 3 rings (SSSR count). The second-order valence-electron chi connectivity index (χ2n) is 8.07. The Morgan fingerprint density at radius 2 is 1.96 bits per heavy atom. The van der Waals surface area contributed by atoms with E-state index in [1.54, 1.807) is 4.57 Å². The number of nitrogens with one attached hydrogen (secondary N) is 1. The van der Waals surface area contributed by atoms with Crippen LogP contribution in [0.25, 0.3) is 0 Å². The molecule has 1 aromatic rings.